The first-order chi connectivity index (χ1) is 16.2. The van der Waals surface area contributed by atoms with Gasteiger partial charge in [-0.05, 0) is 43.0 Å². The average Bonchev–Trinajstić information content (AvgIpc) is 3.46. The van der Waals surface area contributed by atoms with Crippen LogP contribution in [0.15, 0.2) is 36.9 Å². The predicted octanol–water partition coefficient (Wildman–Crippen LogP) is 2.73. The molecule has 3 aliphatic rings. The van der Waals surface area contributed by atoms with Gasteiger partial charge in [0.05, 0.1) is 30.6 Å². The fourth-order valence-corrected chi connectivity index (χ4v) is 6.17. The van der Waals surface area contributed by atoms with E-state index >= 15 is 0 Å². The molecule has 3 fully saturated rings. The van der Waals surface area contributed by atoms with E-state index in [4.69, 9.17) is 16.3 Å². The molecule has 2 amide bonds. The van der Waals surface area contributed by atoms with Crippen LogP contribution in [0.2, 0.25) is 5.02 Å². The molecule has 4 rings (SSSR count). The Morgan fingerprint density at radius 2 is 2.06 bits per heavy atom. The average molecular weight is 491 g/mol. The highest BCUT2D eigenvalue weighted by molar-refractivity contribution is 6.30. The number of carbonyl (C=O) groups is 3. The molecule has 1 spiro atoms. The highest BCUT2D eigenvalue weighted by atomic mass is 35.5. The highest BCUT2D eigenvalue weighted by Crippen LogP contribution is 2.59. The zero-order chi connectivity index (χ0) is 24.8. The fraction of sp³-hybridized carbons (Fsp3) is 0.560. The number of anilines is 1. The van der Waals surface area contributed by atoms with Crippen molar-refractivity contribution in [1.82, 2.24) is 4.90 Å². The van der Waals surface area contributed by atoms with Crippen LogP contribution in [0.5, 0.6) is 0 Å². The van der Waals surface area contributed by atoms with Crippen molar-refractivity contribution in [3.8, 4) is 0 Å². The van der Waals surface area contributed by atoms with Crippen LogP contribution >= 0.6 is 11.6 Å². The Morgan fingerprint density at radius 3 is 2.62 bits per heavy atom. The van der Waals surface area contributed by atoms with Gasteiger partial charge >= 0.3 is 5.97 Å². The molecule has 2 N–H and O–H groups in total. The van der Waals surface area contributed by atoms with Crippen LogP contribution in [-0.2, 0) is 19.1 Å². The number of benzene rings is 1. The summed E-state index contributed by atoms with van der Waals surface area (Å²) in [5, 5.41) is 20.7. The standard InChI is InChI=1S/C25H31ClN2O6/c1-4-12-27(16-8-6-15(26)7-9-16)23(31)21-25-11-10-18(34-25)19(24(32)33)20(25)22(30)28(21)17(13-29)14(3)5-2/h4,6-9,14,17-21,29H,1,5,10-13H2,2-3H3,(H,32,33)/t14-,17-,18+,19-,20-,21?,25?/m0/s1. The summed E-state index contributed by atoms with van der Waals surface area (Å²) in [4.78, 5) is 43.2. The third kappa shape index (κ3) is 3.63. The van der Waals surface area contributed by atoms with Crippen molar-refractivity contribution >= 4 is 35.1 Å². The molecule has 1 aromatic carbocycles. The maximum Gasteiger partial charge on any atom is 0.310 e. The van der Waals surface area contributed by atoms with E-state index < -0.39 is 47.5 Å². The van der Waals surface area contributed by atoms with Gasteiger partial charge in [-0.2, -0.15) is 0 Å². The quantitative estimate of drug-likeness (QED) is 0.515. The van der Waals surface area contributed by atoms with E-state index in [-0.39, 0.29) is 25.0 Å². The molecule has 7 atom stereocenters. The van der Waals surface area contributed by atoms with Crippen LogP contribution in [0.25, 0.3) is 0 Å². The van der Waals surface area contributed by atoms with E-state index in [1.165, 1.54) is 9.80 Å². The van der Waals surface area contributed by atoms with Crippen LogP contribution in [0.1, 0.15) is 33.1 Å². The third-order valence-electron chi connectivity index (χ3n) is 7.82. The van der Waals surface area contributed by atoms with Crippen molar-refractivity contribution in [2.45, 2.75) is 56.9 Å². The van der Waals surface area contributed by atoms with Crippen LogP contribution in [0.3, 0.4) is 0 Å². The van der Waals surface area contributed by atoms with Gasteiger partial charge in [-0.3, -0.25) is 14.4 Å². The molecule has 184 valence electrons. The zero-order valence-corrected chi connectivity index (χ0v) is 20.1. The van der Waals surface area contributed by atoms with E-state index in [0.29, 0.717) is 30.0 Å². The number of carboxylic acid groups (broad SMARTS) is 1. The largest absolute Gasteiger partial charge is 0.481 e. The Bertz CT molecular complexity index is 984. The first kappa shape index (κ1) is 24.7. The van der Waals surface area contributed by atoms with Gasteiger partial charge in [0, 0.05) is 17.3 Å². The number of fused-ring (bicyclic) bond motifs is 1. The number of aliphatic hydroxyl groups is 1. The van der Waals surface area contributed by atoms with Crippen molar-refractivity contribution in [3.63, 3.8) is 0 Å². The van der Waals surface area contributed by atoms with E-state index in [2.05, 4.69) is 6.58 Å². The smallest absolute Gasteiger partial charge is 0.310 e. The Hall–Kier alpha value is -2.42. The van der Waals surface area contributed by atoms with Gasteiger partial charge in [-0.25, -0.2) is 0 Å². The van der Waals surface area contributed by atoms with E-state index in [1.807, 2.05) is 13.8 Å². The summed E-state index contributed by atoms with van der Waals surface area (Å²) in [5.74, 6) is -3.99. The van der Waals surface area contributed by atoms with Crippen molar-refractivity contribution in [2.24, 2.45) is 17.8 Å². The number of rotatable bonds is 9. The molecule has 0 saturated carbocycles. The molecule has 2 unspecified atom stereocenters. The summed E-state index contributed by atoms with van der Waals surface area (Å²) < 4.78 is 6.26. The summed E-state index contributed by atoms with van der Waals surface area (Å²) >= 11 is 6.04. The molecule has 0 radical (unpaired) electrons. The third-order valence-corrected chi connectivity index (χ3v) is 8.07. The topological polar surface area (TPSA) is 107 Å². The van der Waals surface area contributed by atoms with Gasteiger partial charge in [0.25, 0.3) is 5.91 Å². The van der Waals surface area contributed by atoms with Crippen LogP contribution in [0, 0.1) is 17.8 Å². The minimum absolute atomic E-state index is 0.108. The van der Waals surface area contributed by atoms with Crippen LogP contribution in [0.4, 0.5) is 5.69 Å². The number of ether oxygens (including phenoxy) is 1. The maximum atomic E-state index is 14.3. The Labute approximate surface area is 204 Å². The number of carbonyl (C=O) groups excluding carboxylic acids is 2. The van der Waals surface area contributed by atoms with Gasteiger partial charge in [0.1, 0.15) is 11.6 Å². The summed E-state index contributed by atoms with van der Waals surface area (Å²) in [6.45, 7) is 7.48. The molecule has 3 heterocycles. The monoisotopic (exact) mass is 490 g/mol. The number of amides is 2. The minimum Gasteiger partial charge on any atom is -0.481 e. The van der Waals surface area contributed by atoms with Crippen LogP contribution < -0.4 is 4.90 Å². The molecule has 8 nitrogen and oxygen atoms in total. The summed E-state index contributed by atoms with van der Waals surface area (Å²) in [6.07, 6.45) is 2.53. The number of aliphatic carboxylic acids is 1. The predicted molar refractivity (Wildman–Crippen MR) is 126 cm³/mol. The maximum absolute atomic E-state index is 14.3. The first-order valence-electron chi connectivity index (χ1n) is 11.7. The zero-order valence-electron chi connectivity index (χ0n) is 19.4. The highest BCUT2D eigenvalue weighted by Gasteiger charge is 2.75. The molecule has 3 saturated heterocycles. The van der Waals surface area contributed by atoms with Gasteiger partial charge < -0.3 is 24.7 Å². The lowest BCUT2D eigenvalue weighted by Crippen LogP contribution is -2.60. The van der Waals surface area contributed by atoms with Gasteiger partial charge in [0.15, 0.2) is 0 Å². The molecule has 2 bridgehead atoms. The lowest BCUT2D eigenvalue weighted by molar-refractivity contribution is -0.151. The summed E-state index contributed by atoms with van der Waals surface area (Å²) in [7, 11) is 0. The van der Waals surface area contributed by atoms with Gasteiger partial charge in [0.2, 0.25) is 5.91 Å². The van der Waals surface area contributed by atoms with Gasteiger partial charge in [-0.1, -0.05) is 37.9 Å². The molecule has 34 heavy (non-hydrogen) atoms. The minimum atomic E-state index is -1.24. The molecular weight excluding hydrogens is 460 g/mol. The van der Waals surface area contributed by atoms with E-state index in [1.54, 1.807) is 30.3 Å². The molecule has 0 aromatic heterocycles. The van der Waals surface area contributed by atoms with Crippen LogP contribution in [-0.4, -0.2) is 69.8 Å². The molecule has 3 aliphatic heterocycles. The van der Waals surface area contributed by atoms with E-state index in [0.717, 1.165) is 0 Å². The first-order valence-corrected chi connectivity index (χ1v) is 12.1. The summed E-state index contributed by atoms with van der Waals surface area (Å²) in [5.41, 5.74) is -0.665. The fourth-order valence-electron chi connectivity index (χ4n) is 6.04. The molecule has 9 heteroatoms. The Morgan fingerprint density at radius 1 is 1.38 bits per heavy atom. The SMILES string of the molecule is C=CCN(C(=O)C1N([C@@H](CO)[C@@H](C)CC)C(=O)[C@@H]2[C@@H](C(=O)O)[C@H]3CCC12O3)c1ccc(Cl)cc1. The number of carboxylic acids is 1. The van der Waals surface area contributed by atoms with Gasteiger partial charge in [-0.15, -0.1) is 6.58 Å². The van der Waals surface area contributed by atoms with Crippen molar-refractivity contribution in [3.05, 3.63) is 41.9 Å². The number of halogens is 1. The molecule has 1 aromatic rings. The second kappa shape index (κ2) is 9.32. The number of likely N-dealkylation sites (tertiary alicyclic amines) is 1. The van der Waals surface area contributed by atoms with Crippen molar-refractivity contribution in [1.29, 1.82) is 0 Å². The lowest BCUT2D eigenvalue weighted by atomic mass is 9.70. The molecular formula is C25H31ClN2O6. The second-order valence-corrected chi connectivity index (χ2v) is 9.93. The summed E-state index contributed by atoms with van der Waals surface area (Å²) in [6, 6.07) is 5.08. The van der Waals surface area contributed by atoms with Crippen molar-refractivity contribution < 1.29 is 29.3 Å². The number of hydrogen-bond acceptors (Lipinski definition) is 5. The number of nitrogens with zero attached hydrogens (tertiary/aromatic N) is 2. The Kier molecular flexibility index (Phi) is 6.77. The lowest BCUT2D eigenvalue weighted by Gasteiger charge is -2.40. The van der Waals surface area contributed by atoms with Crippen molar-refractivity contribution in [2.75, 3.05) is 18.1 Å². The van der Waals surface area contributed by atoms with E-state index in [9.17, 15) is 24.6 Å². The second-order valence-electron chi connectivity index (χ2n) is 9.49. The molecule has 0 aliphatic carbocycles. The normalized spacial score (nSPS) is 31.3. The Balaban J connectivity index is 1.84. The number of hydrogen-bond donors (Lipinski definition) is 2. The number of aliphatic hydroxyl groups excluding tert-OH is 1.